The third-order valence-corrected chi connectivity index (χ3v) is 2.10. The summed E-state index contributed by atoms with van der Waals surface area (Å²) < 4.78 is 10.1. The summed E-state index contributed by atoms with van der Waals surface area (Å²) in [6.45, 7) is 4.35. The Hall–Kier alpha value is -1.77. The predicted octanol–water partition coefficient (Wildman–Crippen LogP) is 2.74. The van der Waals surface area contributed by atoms with Crippen molar-refractivity contribution < 1.29 is 14.3 Å². The summed E-state index contributed by atoms with van der Waals surface area (Å²) in [6.07, 6.45) is 2.81. The van der Waals surface area contributed by atoms with Gasteiger partial charge in [-0.05, 0) is 26.0 Å². The zero-order valence-electron chi connectivity index (χ0n) is 9.82. The van der Waals surface area contributed by atoms with Gasteiger partial charge in [-0.1, -0.05) is 11.6 Å². The summed E-state index contributed by atoms with van der Waals surface area (Å²) in [7, 11) is 1.55. The lowest BCUT2D eigenvalue weighted by Crippen LogP contribution is -1.99. The van der Waals surface area contributed by atoms with Gasteiger partial charge in [-0.2, -0.15) is 0 Å². The van der Waals surface area contributed by atoms with Crippen molar-refractivity contribution in [3.8, 4) is 5.75 Å². The van der Waals surface area contributed by atoms with Gasteiger partial charge in [0, 0.05) is 6.08 Å². The molecule has 0 aliphatic rings. The molecular formula is C13H16O3. The topological polar surface area (TPSA) is 35.5 Å². The van der Waals surface area contributed by atoms with E-state index < -0.39 is 0 Å². The van der Waals surface area contributed by atoms with Crippen LogP contribution in [0.15, 0.2) is 30.5 Å². The second-order valence-electron chi connectivity index (χ2n) is 3.33. The van der Waals surface area contributed by atoms with E-state index in [4.69, 9.17) is 9.47 Å². The fourth-order valence-electron chi connectivity index (χ4n) is 1.31. The number of benzene rings is 1. The van der Waals surface area contributed by atoms with E-state index in [1.54, 1.807) is 19.2 Å². The van der Waals surface area contributed by atoms with Gasteiger partial charge >= 0.3 is 0 Å². The highest BCUT2D eigenvalue weighted by Crippen LogP contribution is 2.20. The van der Waals surface area contributed by atoms with E-state index in [9.17, 15) is 4.79 Å². The Bertz CT molecular complexity index is 394. The molecule has 0 saturated heterocycles. The van der Waals surface area contributed by atoms with Crippen LogP contribution in [0.25, 0.3) is 0 Å². The van der Waals surface area contributed by atoms with Gasteiger partial charge in [0.05, 0.1) is 25.5 Å². The number of carbonyl (C=O) groups is 1. The Morgan fingerprint density at radius 3 is 2.81 bits per heavy atom. The quantitative estimate of drug-likeness (QED) is 0.435. The lowest BCUT2D eigenvalue weighted by molar-refractivity contribution is 0.104. The van der Waals surface area contributed by atoms with Crippen molar-refractivity contribution in [1.82, 2.24) is 0 Å². The van der Waals surface area contributed by atoms with Crippen LogP contribution in [-0.2, 0) is 4.74 Å². The largest absolute Gasteiger partial charge is 0.501 e. The van der Waals surface area contributed by atoms with Gasteiger partial charge in [-0.15, -0.1) is 0 Å². The predicted molar refractivity (Wildman–Crippen MR) is 62.8 cm³/mol. The third-order valence-electron chi connectivity index (χ3n) is 2.10. The van der Waals surface area contributed by atoms with Crippen LogP contribution in [0, 0.1) is 6.92 Å². The van der Waals surface area contributed by atoms with Crippen molar-refractivity contribution in [3.63, 3.8) is 0 Å². The van der Waals surface area contributed by atoms with Crippen molar-refractivity contribution in [1.29, 1.82) is 0 Å². The van der Waals surface area contributed by atoms with Gasteiger partial charge in [-0.3, -0.25) is 4.79 Å². The molecule has 0 fully saturated rings. The standard InChI is InChI=1S/C13H16O3/c1-4-16-8-7-12(14)11-9-10(2)5-6-13(11)15-3/h5-9H,4H2,1-3H3. The van der Waals surface area contributed by atoms with Crippen LogP contribution in [-0.4, -0.2) is 19.5 Å². The molecule has 1 rings (SSSR count). The molecule has 0 atom stereocenters. The van der Waals surface area contributed by atoms with E-state index in [0.29, 0.717) is 17.9 Å². The van der Waals surface area contributed by atoms with Crippen molar-refractivity contribution in [2.45, 2.75) is 13.8 Å². The van der Waals surface area contributed by atoms with Crippen molar-refractivity contribution in [3.05, 3.63) is 41.7 Å². The number of hydrogen-bond acceptors (Lipinski definition) is 3. The zero-order valence-corrected chi connectivity index (χ0v) is 9.82. The number of hydrogen-bond donors (Lipinski definition) is 0. The van der Waals surface area contributed by atoms with Gasteiger partial charge in [0.2, 0.25) is 0 Å². The lowest BCUT2D eigenvalue weighted by Gasteiger charge is -2.06. The minimum absolute atomic E-state index is 0.117. The number of allylic oxidation sites excluding steroid dienone is 1. The van der Waals surface area contributed by atoms with E-state index in [0.717, 1.165) is 5.56 Å². The molecule has 0 amide bonds. The van der Waals surface area contributed by atoms with E-state index in [2.05, 4.69) is 0 Å². The molecule has 0 heterocycles. The molecule has 0 aromatic heterocycles. The molecule has 0 bridgehead atoms. The molecule has 0 aliphatic carbocycles. The lowest BCUT2D eigenvalue weighted by atomic mass is 10.1. The summed E-state index contributed by atoms with van der Waals surface area (Å²) >= 11 is 0. The SMILES string of the molecule is CCOC=CC(=O)c1cc(C)ccc1OC. The highest BCUT2D eigenvalue weighted by Gasteiger charge is 2.09. The van der Waals surface area contributed by atoms with Gasteiger partial charge in [0.1, 0.15) is 5.75 Å². The van der Waals surface area contributed by atoms with E-state index in [1.807, 2.05) is 19.9 Å². The van der Waals surface area contributed by atoms with Crippen LogP contribution in [0.5, 0.6) is 5.75 Å². The van der Waals surface area contributed by atoms with Gasteiger partial charge in [0.15, 0.2) is 5.78 Å². The number of ether oxygens (including phenoxy) is 2. The Kier molecular flexibility index (Phi) is 4.58. The first-order valence-electron chi connectivity index (χ1n) is 5.16. The Morgan fingerprint density at radius 1 is 1.44 bits per heavy atom. The fourth-order valence-corrected chi connectivity index (χ4v) is 1.31. The Labute approximate surface area is 95.7 Å². The van der Waals surface area contributed by atoms with Gasteiger partial charge in [-0.25, -0.2) is 0 Å². The van der Waals surface area contributed by atoms with Crippen LogP contribution in [0.2, 0.25) is 0 Å². The molecule has 1 aromatic rings. The maximum atomic E-state index is 11.8. The average molecular weight is 220 g/mol. The first-order valence-corrected chi connectivity index (χ1v) is 5.16. The number of rotatable bonds is 5. The third kappa shape index (κ3) is 3.12. The molecule has 3 nitrogen and oxygen atoms in total. The average Bonchev–Trinajstić information content (AvgIpc) is 2.29. The van der Waals surface area contributed by atoms with Crippen molar-refractivity contribution >= 4 is 5.78 Å². The molecule has 3 heteroatoms. The molecular weight excluding hydrogens is 204 g/mol. The smallest absolute Gasteiger partial charge is 0.192 e. The normalized spacial score (nSPS) is 10.4. The molecule has 0 saturated carbocycles. The zero-order chi connectivity index (χ0) is 12.0. The van der Waals surface area contributed by atoms with Crippen molar-refractivity contribution in [2.75, 3.05) is 13.7 Å². The highest BCUT2D eigenvalue weighted by molar-refractivity contribution is 6.06. The fraction of sp³-hybridized carbons (Fsp3) is 0.308. The van der Waals surface area contributed by atoms with Crippen LogP contribution in [0.3, 0.4) is 0 Å². The minimum Gasteiger partial charge on any atom is -0.501 e. The minimum atomic E-state index is -0.117. The van der Waals surface area contributed by atoms with Crippen molar-refractivity contribution in [2.24, 2.45) is 0 Å². The first kappa shape index (κ1) is 12.3. The molecule has 0 spiro atoms. The van der Waals surface area contributed by atoms with E-state index in [1.165, 1.54) is 12.3 Å². The maximum Gasteiger partial charge on any atom is 0.192 e. The summed E-state index contributed by atoms with van der Waals surface area (Å²) in [6, 6.07) is 5.50. The van der Waals surface area contributed by atoms with Gasteiger partial charge in [0.25, 0.3) is 0 Å². The monoisotopic (exact) mass is 220 g/mol. The van der Waals surface area contributed by atoms with E-state index in [-0.39, 0.29) is 5.78 Å². The summed E-state index contributed by atoms with van der Waals surface area (Å²) in [5, 5.41) is 0. The Balaban J connectivity index is 2.93. The number of methoxy groups -OCH3 is 1. The van der Waals surface area contributed by atoms with Crippen LogP contribution < -0.4 is 4.74 Å². The first-order chi connectivity index (χ1) is 7.69. The van der Waals surface area contributed by atoms with Crippen LogP contribution >= 0.6 is 0 Å². The molecule has 0 unspecified atom stereocenters. The highest BCUT2D eigenvalue weighted by atomic mass is 16.5. The maximum absolute atomic E-state index is 11.8. The van der Waals surface area contributed by atoms with Gasteiger partial charge < -0.3 is 9.47 Å². The number of aryl methyl sites for hydroxylation is 1. The molecule has 86 valence electrons. The van der Waals surface area contributed by atoms with Crippen LogP contribution in [0.1, 0.15) is 22.8 Å². The summed E-state index contributed by atoms with van der Waals surface area (Å²) in [5.41, 5.74) is 1.58. The molecule has 0 N–H and O–H groups in total. The molecule has 0 aliphatic heterocycles. The molecule has 0 radical (unpaired) electrons. The number of carbonyl (C=O) groups excluding carboxylic acids is 1. The molecule has 16 heavy (non-hydrogen) atoms. The second kappa shape index (κ2) is 5.95. The second-order valence-corrected chi connectivity index (χ2v) is 3.33. The molecule has 1 aromatic carbocycles. The van der Waals surface area contributed by atoms with E-state index >= 15 is 0 Å². The van der Waals surface area contributed by atoms with Crippen LogP contribution in [0.4, 0.5) is 0 Å². The summed E-state index contributed by atoms with van der Waals surface area (Å²) in [5.74, 6) is 0.464. The number of ketones is 1. The summed E-state index contributed by atoms with van der Waals surface area (Å²) in [4.78, 5) is 11.8. The Morgan fingerprint density at radius 2 is 2.19 bits per heavy atom.